The first kappa shape index (κ1) is 19.7. The van der Waals surface area contributed by atoms with Crippen molar-refractivity contribution < 1.29 is 24.3 Å². The van der Waals surface area contributed by atoms with Crippen molar-refractivity contribution >= 4 is 17.4 Å². The van der Waals surface area contributed by atoms with Gasteiger partial charge >= 0.3 is 0 Å². The van der Waals surface area contributed by atoms with Crippen molar-refractivity contribution in [1.82, 2.24) is 0 Å². The van der Waals surface area contributed by atoms with E-state index in [2.05, 4.69) is 15.3 Å². The van der Waals surface area contributed by atoms with Gasteiger partial charge in [0.05, 0.1) is 26.9 Å². The lowest BCUT2D eigenvalue weighted by Gasteiger charge is -2.33. The molecule has 1 N–H and O–H groups in total. The predicted molar refractivity (Wildman–Crippen MR) is 87.8 cm³/mol. The van der Waals surface area contributed by atoms with Crippen LogP contribution in [0.25, 0.3) is 0 Å². The van der Waals surface area contributed by atoms with Crippen LogP contribution in [0.2, 0.25) is 0 Å². The first-order valence-corrected chi connectivity index (χ1v) is 7.37. The standard InChI is InChI=1S/C14H21N4O2.C2H4O2/c1-10-13(14(2,19)18(3,4)17-10)16-15-11-6-8-12(20-5)9-7-11;1-2(3)4/h6-9,13,19H,1-5H3;1H3,(H,3,4)/q+1;/p-1. The third-order valence-electron chi connectivity index (χ3n) is 3.79. The number of carbonyl (C=O) groups is 1. The fourth-order valence-corrected chi connectivity index (χ4v) is 2.21. The van der Waals surface area contributed by atoms with Gasteiger partial charge in [-0.15, -0.1) is 0 Å². The van der Waals surface area contributed by atoms with Crippen molar-refractivity contribution in [3.05, 3.63) is 24.3 Å². The molecular weight excluding hydrogens is 312 g/mol. The lowest BCUT2D eigenvalue weighted by molar-refractivity contribution is -0.964. The number of rotatable bonds is 3. The molecule has 0 radical (unpaired) electrons. The maximum Gasteiger partial charge on any atom is 0.252 e. The minimum atomic E-state index is -1.10. The lowest BCUT2D eigenvalue weighted by atomic mass is 10.0. The SMILES string of the molecule is CC(=O)[O-].COc1ccc(N=NC2C(C)=N[N+](C)(C)C2(C)O)cc1. The van der Waals surface area contributed by atoms with Crippen LogP contribution in [0.5, 0.6) is 5.75 Å². The highest BCUT2D eigenvalue weighted by Gasteiger charge is 2.55. The molecule has 8 heteroatoms. The molecule has 0 aromatic heterocycles. The van der Waals surface area contributed by atoms with Crippen molar-refractivity contribution in [2.45, 2.75) is 32.5 Å². The summed E-state index contributed by atoms with van der Waals surface area (Å²) in [6, 6.07) is 6.83. The molecule has 0 saturated carbocycles. The summed E-state index contributed by atoms with van der Waals surface area (Å²) in [5.74, 6) is -0.313. The number of aliphatic hydroxyl groups is 1. The summed E-state index contributed by atoms with van der Waals surface area (Å²) in [7, 11) is 5.30. The molecule has 2 atom stereocenters. The molecule has 2 rings (SSSR count). The highest BCUT2D eigenvalue weighted by Crippen LogP contribution is 2.33. The van der Waals surface area contributed by atoms with E-state index < -0.39 is 17.7 Å². The summed E-state index contributed by atoms with van der Waals surface area (Å²) >= 11 is 0. The van der Waals surface area contributed by atoms with E-state index in [0.717, 1.165) is 18.4 Å². The number of carbonyl (C=O) groups excluding carboxylic acids is 1. The summed E-state index contributed by atoms with van der Waals surface area (Å²) in [4.78, 5) is 8.89. The number of azo groups is 1. The molecule has 0 fully saturated rings. The zero-order chi connectivity index (χ0) is 18.5. The summed E-state index contributed by atoms with van der Waals surface area (Å²) in [6.07, 6.45) is 0. The third kappa shape index (κ3) is 4.59. The molecule has 8 nitrogen and oxygen atoms in total. The second kappa shape index (κ2) is 7.50. The monoisotopic (exact) mass is 336 g/mol. The summed E-state index contributed by atoms with van der Waals surface area (Å²) in [5, 5.41) is 32.4. The lowest BCUT2D eigenvalue weighted by Crippen LogP contribution is -2.56. The smallest absolute Gasteiger partial charge is 0.252 e. The molecule has 0 saturated heterocycles. The number of hydrogen-bond donors (Lipinski definition) is 1. The second-order valence-electron chi connectivity index (χ2n) is 6.04. The van der Waals surface area contributed by atoms with E-state index in [1.165, 1.54) is 0 Å². The Hall–Kier alpha value is -2.32. The molecule has 24 heavy (non-hydrogen) atoms. The first-order chi connectivity index (χ1) is 11.0. The van der Waals surface area contributed by atoms with E-state index in [4.69, 9.17) is 14.6 Å². The molecule has 0 aliphatic carbocycles. The van der Waals surface area contributed by atoms with Crippen LogP contribution in [0.15, 0.2) is 39.6 Å². The van der Waals surface area contributed by atoms with E-state index in [-0.39, 0.29) is 4.59 Å². The zero-order valence-corrected chi connectivity index (χ0v) is 14.8. The number of nitrogens with zero attached hydrogens (tertiary/aromatic N) is 4. The topological polar surface area (TPSA) is 107 Å². The molecule has 0 spiro atoms. The molecule has 1 aromatic carbocycles. The minimum Gasteiger partial charge on any atom is -0.550 e. The Morgan fingerprint density at radius 1 is 1.38 bits per heavy atom. The maximum absolute atomic E-state index is 10.6. The average Bonchev–Trinajstić information content (AvgIpc) is 2.61. The highest BCUT2D eigenvalue weighted by molar-refractivity contribution is 5.88. The van der Waals surface area contributed by atoms with E-state index >= 15 is 0 Å². The summed E-state index contributed by atoms with van der Waals surface area (Å²) < 4.78 is 5.22. The van der Waals surface area contributed by atoms with Crippen LogP contribution in [0.1, 0.15) is 20.8 Å². The van der Waals surface area contributed by atoms with Gasteiger partial charge < -0.3 is 19.7 Å². The van der Waals surface area contributed by atoms with Gasteiger partial charge in [0.25, 0.3) is 5.72 Å². The highest BCUT2D eigenvalue weighted by atomic mass is 16.5. The Morgan fingerprint density at radius 3 is 2.25 bits per heavy atom. The summed E-state index contributed by atoms with van der Waals surface area (Å²) in [5.41, 5.74) is 0.393. The number of benzene rings is 1. The van der Waals surface area contributed by atoms with Crippen LogP contribution >= 0.6 is 0 Å². The van der Waals surface area contributed by atoms with Gasteiger partial charge in [-0.05, 0) is 38.1 Å². The van der Waals surface area contributed by atoms with E-state index in [9.17, 15) is 5.11 Å². The van der Waals surface area contributed by atoms with E-state index in [0.29, 0.717) is 5.69 Å². The van der Waals surface area contributed by atoms with E-state index in [1.807, 2.05) is 45.3 Å². The Bertz CT molecular complexity index is 632. The Labute approximate surface area is 141 Å². The average molecular weight is 336 g/mol. The number of likely N-dealkylation sites (N-methyl/N-ethyl adjacent to an activating group) is 1. The molecule has 0 bridgehead atoms. The van der Waals surface area contributed by atoms with Crippen LogP contribution < -0.4 is 9.84 Å². The number of hydrogen-bond acceptors (Lipinski definition) is 7. The number of carboxylic acid groups (broad SMARTS) is 1. The second-order valence-corrected chi connectivity index (χ2v) is 6.04. The molecular formula is C16H24N4O4. The number of quaternary nitrogens is 1. The van der Waals surface area contributed by atoms with Gasteiger partial charge in [0.2, 0.25) is 0 Å². The van der Waals surface area contributed by atoms with Crippen LogP contribution in [0.4, 0.5) is 5.69 Å². The van der Waals surface area contributed by atoms with Gasteiger partial charge in [-0.3, -0.25) is 0 Å². The largest absolute Gasteiger partial charge is 0.550 e. The fraction of sp³-hybridized carbons (Fsp3) is 0.500. The molecule has 2 unspecified atom stereocenters. The fourth-order valence-electron chi connectivity index (χ4n) is 2.21. The third-order valence-corrected chi connectivity index (χ3v) is 3.79. The zero-order valence-electron chi connectivity index (χ0n) is 14.8. The normalized spacial score (nSPS) is 25.0. The molecule has 1 heterocycles. The molecule has 1 aliphatic rings. The number of methoxy groups -OCH3 is 1. The molecule has 0 amide bonds. The van der Waals surface area contributed by atoms with Crippen LogP contribution in [0, 0.1) is 0 Å². The van der Waals surface area contributed by atoms with Crippen LogP contribution in [-0.2, 0) is 4.79 Å². The first-order valence-electron chi connectivity index (χ1n) is 7.37. The Balaban J connectivity index is 0.000000648. The van der Waals surface area contributed by atoms with Crippen molar-refractivity contribution in [3.63, 3.8) is 0 Å². The van der Waals surface area contributed by atoms with Gasteiger partial charge in [0.15, 0.2) is 6.04 Å². The van der Waals surface area contributed by atoms with Crippen molar-refractivity contribution in [2.24, 2.45) is 15.3 Å². The maximum atomic E-state index is 10.6. The Kier molecular flexibility index (Phi) is 6.16. The van der Waals surface area contributed by atoms with Gasteiger partial charge in [-0.1, -0.05) is 5.10 Å². The minimum absolute atomic E-state index is 0.130. The van der Waals surface area contributed by atoms with Crippen molar-refractivity contribution in [2.75, 3.05) is 21.2 Å². The van der Waals surface area contributed by atoms with Crippen LogP contribution in [0.3, 0.4) is 0 Å². The number of ether oxygens (including phenoxy) is 1. The van der Waals surface area contributed by atoms with Gasteiger partial charge in [0, 0.05) is 12.9 Å². The van der Waals surface area contributed by atoms with E-state index in [1.54, 1.807) is 14.0 Å². The number of aliphatic carboxylic acids is 1. The van der Waals surface area contributed by atoms with Gasteiger partial charge in [0.1, 0.15) is 11.5 Å². The number of carboxylic acids is 1. The van der Waals surface area contributed by atoms with Gasteiger partial charge in [-0.25, -0.2) is 0 Å². The van der Waals surface area contributed by atoms with Crippen molar-refractivity contribution in [1.29, 1.82) is 0 Å². The molecule has 1 aliphatic heterocycles. The predicted octanol–water partition coefficient (Wildman–Crippen LogP) is 1.08. The van der Waals surface area contributed by atoms with Crippen LogP contribution in [-0.4, -0.2) is 54.4 Å². The molecule has 132 valence electrons. The quantitative estimate of drug-likeness (QED) is 0.658. The van der Waals surface area contributed by atoms with Crippen molar-refractivity contribution in [3.8, 4) is 5.75 Å². The molecule has 1 aromatic rings. The summed E-state index contributed by atoms with van der Waals surface area (Å²) in [6.45, 7) is 4.56. The van der Waals surface area contributed by atoms with Gasteiger partial charge in [-0.2, -0.15) is 14.8 Å². The Morgan fingerprint density at radius 2 is 1.88 bits per heavy atom.